The molecule has 1 aliphatic rings. The van der Waals surface area contributed by atoms with Crippen LogP contribution in [0, 0.1) is 10.2 Å². The first-order valence-corrected chi connectivity index (χ1v) is 7.50. The maximum Gasteiger partial charge on any atom is 0.169 e. The van der Waals surface area contributed by atoms with Crippen molar-refractivity contribution < 1.29 is 28.9 Å². The summed E-state index contributed by atoms with van der Waals surface area (Å²) in [5, 5.41) is 4.61. The molecule has 0 amide bonds. The molecule has 0 N–H and O–H groups in total. The predicted octanol–water partition coefficient (Wildman–Crippen LogP) is -0.917. The smallest absolute Gasteiger partial charge is 0.169 e. The number of hydrogen-bond acceptors (Lipinski definition) is 5. The Hall–Kier alpha value is -2.06. The van der Waals surface area contributed by atoms with E-state index in [0.717, 1.165) is 11.4 Å². The fourth-order valence-corrected chi connectivity index (χ4v) is 2.11. The van der Waals surface area contributed by atoms with Gasteiger partial charge in [-0.1, -0.05) is 41.5 Å². The summed E-state index contributed by atoms with van der Waals surface area (Å²) in [7, 11) is -4.94. The van der Waals surface area contributed by atoms with Crippen LogP contribution < -0.4 is 23.2 Å². The number of quaternary nitrogens is 1. The Morgan fingerprint density at radius 1 is 0.727 bits per heavy atom. The molecule has 0 radical (unpaired) electrons. The first kappa shape index (κ1) is 16.3. The molecule has 0 fully saturated rings. The summed E-state index contributed by atoms with van der Waals surface area (Å²) < 4.78 is 34.4. The molecule has 1 aliphatic heterocycles. The molecule has 0 unspecified atom stereocenters. The van der Waals surface area contributed by atoms with Crippen molar-refractivity contribution in [3.63, 3.8) is 0 Å². The van der Waals surface area contributed by atoms with Crippen LogP contribution in [0.15, 0.2) is 78.0 Å². The number of para-hydroxylation sites is 2. The highest BCUT2D eigenvalue weighted by atomic mass is 35.7. The second-order valence-corrected chi connectivity index (χ2v) is 5.10. The lowest BCUT2D eigenvalue weighted by Crippen LogP contribution is -2.68. The number of hydrogen-bond donors (Lipinski definition) is 0. The van der Waals surface area contributed by atoms with Gasteiger partial charge in [0.15, 0.2) is 11.4 Å². The van der Waals surface area contributed by atoms with Crippen molar-refractivity contribution in [3.8, 4) is 0 Å². The topological polar surface area (TPSA) is 105 Å². The van der Waals surface area contributed by atoms with Crippen molar-refractivity contribution in [2.75, 3.05) is 0 Å². The van der Waals surface area contributed by atoms with E-state index < -0.39 is 10.2 Å². The number of allylic oxidation sites excluding steroid dienone is 1. The molecule has 3 rings (SSSR count). The minimum absolute atomic E-state index is 0.418. The van der Waals surface area contributed by atoms with Gasteiger partial charge in [-0.2, -0.15) is 0 Å². The van der Waals surface area contributed by atoms with Gasteiger partial charge in [0.05, 0.1) is 6.21 Å². The highest BCUT2D eigenvalue weighted by molar-refractivity contribution is 5.78. The summed E-state index contributed by atoms with van der Waals surface area (Å²) >= 11 is 0. The van der Waals surface area contributed by atoms with Crippen LogP contribution in [-0.2, 0) is 0 Å². The number of nitrogens with zero attached hydrogens (tertiary/aromatic N) is 2. The maximum absolute atomic E-state index is 8.49. The SMILES string of the molecule is C1=C[N+](c2ccccc2)(c2ccccc2)N=C1.[O-][Cl+3]([O-])([O-])[O-]. The van der Waals surface area contributed by atoms with Gasteiger partial charge in [0.2, 0.25) is 0 Å². The van der Waals surface area contributed by atoms with Crippen molar-refractivity contribution in [1.82, 2.24) is 4.59 Å². The molecule has 0 atom stereocenters. The zero-order valence-corrected chi connectivity index (χ0v) is 12.2. The van der Waals surface area contributed by atoms with Gasteiger partial charge < -0.3 is 0 Å². The van der Waals surface area contributed by atoms with Gasteiger partial charge in [-0.05, 0) is 0 Å². The van der Waals surface area contributed by atoms with Crippen molar-refractivity contribution in [3.05, 3.63) is 72.9 Å². The molecule has 2 aromatic rings. The average Bonchev–Trinajstić information content (AvgIpc) is 2.98. The van der Waals surface area contributed by atoms with Crippen LogP contribution in [0.25, 0.3) is 0 Å². The molecule has 0 saturated carbocycles. The molecular weight excluding hydrogens is 308 g/mol. The summed E-state index contributed by atoms with van der Waals surface area (Å²) in [5.41, 5.74) is 2.28. The van der Waals surface area contributed by atoms with Gasteiger partial charge in [-0.25, -0.2) is 18.6 Å². The number of benzene rings is 2. The molecule has 0 bridgehead atoms. The largest absolute Gasteiger partial charge is 0.222 e. The van der Waals surface area contributed by atoms with E-state index in [-0.39, 0.29) is 0 Å². The predicted molar refractivity (Wildman–Crippen MR) is 72.0 cm³/mol. The highest BCUT2D eigenvalue weighted by Crippen LogP contribution is 2.37. The van der Waals surface area contributed by atoms with Gasteiger partial charge in [0, 0.05) is 30.3 Å². The number of rotatable bonds is 2. The summed E-state index contributed by atoms with van der Waals surface area (Å²) in [6, 6.07) is 20.6. The van der Waals surface area contributed by atoms with E-state index in [2.05, 4.69) is 35.6 Å². The van der Waals surface area contributed by atoms with Gasteiger partial charge in [0.1, 0.15) is 6.20 Å². The zero-order chi connectivity index (χ0) is 16.1. The maximum atomic E-state index is 8.49. The average molecular weight is 321 g/mol. The van der Waals surface area contributed by atoms with Crippen molar-refractivity contribution in [1.29, 1.82) is 0 Å². The second kappa shape index (κ2) is 6.80. The van der Waals surface area contributed by atoms with E-state index >= 15 is 0 Å². The van der Waals surface area contributed by atoms with E-state index in [4.69, 9.17) is 18.6 Å². The standard InChI is InChI=1S/C15H13N2.ClHO4/c1-3-8-14(9-4-1)17(13-7-12-16-17)15-10-5-2-6-11-15;2-1(3,4)5/h1-13H;(H,2,3,4,5)/q+1;/p-1. The fraction of sp³-hybridized carbons (Fsp3) is 0. The Balaban J connectivity index is 0.000000309. The van der Waals surface area contributed by atoms with Crippen LogP contribution in [0.1, 0.15) is 0 Å². The molecule has 114 valence electrons. The van der Waals surface area contributed by atoms with Crippen molar-refractivity contribution in [2.24, 2.45) is 5.10 Å². The fourth-order valence-electron chi connectivity index (χ4n) is 2.11. The highest BCUT2D eigenvalue weighted by Gasteiger charge is 2.33. The van der Waals surface area contributed by atoms with E-state index in [9.17, 15) is 0 Å². The molecule has 6 nitrogen and oxygen atoms in total. The third kappa shape index (κ3) is 4.22. The Bertz CT molecular complexity index is 595. The minimum atomic E-state index is -4.94. The van der Waals surface area contributed by atoms with E-state index in [1.165, 1.54) is 0 Å². The lowest BCUT2D eigenvalue weighted by molar-refractivity contribution is -2.00. The molecule has 0 spiro atoms. The van der Waals surface area contributed by atoms with E-state index in [1.807, 2.05) is 48.7 Å². The van der Waals surface area contributed by atoms with Gasteiger partial charge in [-0.3, -0.25) is 0 Å². The third-order valence-corrected chi connectivity index (χ3v) is 2.94. The molecule has 7 heteroatoms. The summed E-state index contributed by atoms with van der Waals surface area (Å²) in [4.78, 5) is 0. The van der Waals surface area contributed by atoms with Crippen LogP contribution in [0.4, 0.5) is 11.4 Å². The first-order chi connectivity index (χ1) is 10.4. The minimum Gasteiger partial charge on any atom is -0.222 e. The normalized spacial score (nSPS) is 15.3. The van der Waals surface area contributed by atoms with Crippen LogP contribution in [0.3, 0.4) is 0 Å². The third-order valence-electron chi connectivity index (χ3n) is 2.94. The molecular formula is C15H13ClN2O4. The van der Waals surface area contributed by atoms with Gasteiger partial charge in [0.25, 0.3) is 0 Å². The second-order valence-electron chi connectivity index (χ2n) is 4.34. The number of halogens is 1. The Kier molecular flexibility index (Phi) is 5.04. The van der Waals surface area contributed by atoms with Crippen LogP contribution in [0.2, 0.25) is 0 Å². The molecule has 0 aliphatic carbocycles. The lowest BCUT2D eigenvalue weighted by atomic mass is 10.2. The van der Waals surface area contributed by atoms with Gasteiger partial charge in [-0.15, -0.1) is 14.8 Å². The Morgan fingerprint density at radius 2 is 1.14 bits per heavy atom. The Morgan fingerprint density at radius 3 is 1.45 bits per heavy atom. The van der Waals surface area contributed by atoms with E-state index in [0.29, 0.717) is 4.59 Å². The van der Waals surface area contributed by atoms with Crippen LogP contribution >= 0.6 is 0 Å². The summed E-state index contributed by atoms with van der Waals surface area (Å²) in [6.45, 7) is 0. The van der Waals surface area contributed by atoms with Crippen molar-refractivity contribution >= 4 is 17.6 Å². The summed E-state index contributed by atoms with van der Waals surface area (Å²) in [5.74, 6) is 0. The summed E-state index contributed by atoms with van der Waals surface area (Å²) in [6.07, 6.45) is 5.92. The quantitative estimate of drug-likeness (QED) is 0.667. The monoisotopic (exact) mass is 320 g/mol. The Labute approximate surface area is 129 Å². The molecule has 0 aromatic heterocycles. The molecule has 1 heterocycles. The molecule has 2 aromatic carbocycles. The lowest BCUT2D eigenvalue weighted by Gasteiger charge is -2.24. The molecule has 0 saturated heterocycles. The molecule has 22 heavy (non-hydrogen) atoms. The first-order valence-electron chi connectivity index (χ1n) is 6.27. The van der Waals surface area contributed by atoms with Crippen molar-refractivity contribution in [2.45, 2.75) is 0 Å². The van der Waals surface area contributed by atoms with Crippen LogP contribution in [-0.4, -0.2) is 6.21 Å². The van der Waals surface area contributed by atoms with Crippen LogP contribution in [0.5, 0.6) is 0 Å². The van der Waals surface area contributed by atoms with E-state index in [1.54, 1.807) is 0 Å². The zero-order valence-electron chi connectivity index (χ0n) is 11.4. The van der Waals surface area contributed by atoms with Gasteiger partial charge >= 0.3 is 0 Å².